The number of rotatable bonds is 3. The Kier molecular flexibility index (Phi) is 4.20. The Morgan fingerprint density at radius 3 is 1.79 bits per heavy atom. The summed E-state index contributed by atoms with van der Waals surface area (Å²) in [6, 6.07) is 12.7. The number of halogens is 2. The summed E-state index contributed by atoms with van der Waals surface area (Å²) in [7, 11) is 0. The van der Waals surface area contributed by atoms with Crippen LogP contribution in [0.2, 0.25) is 5.02 Å². The smallest absolute Gasteiger partial charge is 0.409 e. The van der Waals surface area contributed by atoms with E-state index in [1.54, 1.807) is 36.4 Å². The topological polar surface area (TPSA) is 43.4 Å². The molecule has 5 heteroatoms. The van der Waals surface area contributed by atoms with Gasteiger partial charge >= 0.3 is 5.43 Å². The van der Waals surface area contributed by atoms with Gasteiger partial charge in [0.15, 0.2) is 5.78 Å². The zero-order valence-corrected chi connectivity index (χ0v) is 11.1. The van der Waals surface area contributed by atoms with E-state index >= 15 is 0 Å². The van der Waals surface area contributed by atoms with Crippen molar-refractivity contribution in [1.29, 1.82) is 0 Å². The van der Waals surface area contributed by atoms with E-state index in [1.165, 1.54) is 12.1 Å². The van der Waals surface area contributed by atoms with Gasteiger partial charge in [0.05, 0.1) is 0 Å². The molecule has 0 amide bonds. The molecule has 2 aromatic rings. The van der Waals surface area contributed by atoms with E-state index in [4.69, 9.17) is 23.2 Å². The lowest BCUT2D eigenvalue weighted by Gasteiger charge is -2.03. The van der Waals surface area contributed by atoms with Crippen molar-refractivity contribution in [2.75, 3.05) is 0 Å². The Morgan fingerprint density at radius 1 is 0.842 bits per heavy atom. The minimum atomic E-state index is -0.920. The van der Waals surface area contributed by atoms with Crippen LogP contribution in [0.1, 0.15) is 15.9 Å². The molecule has 0 aromatic heterocycles. The van der Waals surface area contributed by atoms with E-state index in [-0.39, 0.29) is 11.5 Å². The second-order valence-electron chi connectivity index (χ2n) is 3.70. The lowest BCUT2D eigenvalue weighted by molar-refractivity contribution is 0.103. The van der Waals surface area contributed by atoms with Gasteiger partial charge in [-0.1, -0.05) is 11.6 Å². The molecule has 0 aliphatic rings. The van der Waals surface area contributed by atoms with Crippen LogP contribution in [-0.4, -0.2) is 11.2 Å². The second kappa shape index (κ2) is 5.87. The van der Waals surface area contributed by atoms with Gasteiger partial charge in [0.1, 0.15) is 5.75 Å². The Balaban J connectivity index is 2.20. The molecule has 2 rings (SSSR count). The third kappa shape index (κ3) is 3.56. The molecule has 96 valence electrons. The molecule has 2 aromatic carbocycles. The van der Waals surface area contributed by atoms with Crippen LogP contribution in [0.15, 0.2) is 48.5 Å². The van der Waals surface area contributed by atoms with Crippen molar-refractivity contribution in [2.45, 2.75) is 0 Å². The number of hydrogen-bond acceptors (Lipinski definition) is 3. The highest BCUT2D eigenvalue weighted by atomic mass is 35.5. The molecular formula is C14H8Cl2O3. The highest BCUT2D eigenvalue weighted by Crippen LogP contribution is 2.17. The van der Waals surface area contributed by atoms with Crippen molar-refractivity contribution < 1.29 is 14.3 Å². The van der Waals surface area contributed by atoms with Gasteiger partial charge in [-0.05, 0) is 48.5 Å². The van der Waals surface area contributed by atoms with Gasteiger partial charge in [0.25, 0.3) is 0 Å². The lowest BCUT2D eigenvalue weighted by Crippen LogP contribution is -2.01. The van der Waals surface area contributed by atoms with Gasteiger partial charge in [0.2, 0.25) is 0 Å². The van der Waals surface area contributed by atoms with Crippen LogP contribution in [0.4, 0.5) is 4.79 Å². The summed E-state index contributed by atoms with van der Waals surface area (Å²) in [4.78, 5) is 22.7. The van der Waals surface area contributed by atoms with Gasteiger partial charge in [0, 0.05) is 27.8 Å². The average Bonchev–Trinajstić information content (AvgIpc) is 2.39. The molecule has 0 unspecified atom stereocenters. The van der Waals surface area contributed by atoms with Gasteiger partial charge in [-0.2, -0.15) is 0 Å². The number of benzene rings is 2. The van der Waals surface area contributed by atoms with Crippen LogP contribution in [0, 0.1) is 0 Å². The maximum atomic E-state index is 12.1. The predicted octanol–water partition coefficient (Wildman–Crippen LogP) is 4.31. The first-order valence-electron chi connectivity index (χ1n) is 5.34. The van der Waals surface area contributed by atoms with Gasteiger partial charge in [-0.3, -0.25) is 4.79 Å². The molecule has 0 saturated carbocycles. The van der Waals surface area contributed by atoms with Crippen molar-refractivity contribution in [3.63, 3.8) is 0 Å². The normalized spacial score (nSPS) is 10.0. The van der Waals surface area contributed by atoms with Crippen molar-refractivity contribution in [3.05, 3.63) is 64.7 Å². The van der Waals surface area contributed by atoms with Crippen LogP contribution in [0.3, 0.4) is 0 Å². The van der Waals surface area contributed by atoms with E-state index < -0.39 is 5.43 Å². The number of ether oxygens (including phenoxy) is 1. The molecule has 0 atom stereocenters. The third-order valence-electron chi connectivity index (χ3n) is 2.42. The molecule has 0 N–H and O–H groups in total. The van der Waals surface area contributed by atoms with E-state index in [9.17, 15) is 9.59 Å². The Bertz CT molecular complexity index is 604. The summed E-state index contributed by atoms with van der Waals surface area (Å²) in [5, 5.41) is 0.570. The quantitative estimate of drug-likeness (QED) is 0.626. The SMILES string of the molecule is O=C(Cl)Oc1ccc(C(=O)c2ccc(Cl)cc2)cc1. The molecule has 0 aliphatic heterocycles. The zero-order chi connectivity index (χ0) is 13.8. The maximum absolute atomic E-state index is 12.1. The summed E-state index contributed by atoms with van der Waals surface area (Å²) in [6.07, 6.45) is 0. The van der Waals surface area contributed by atoms with E-state index in [0.29, 0.717) is 16.1 Å². The van der Waals surface area contributed by atoms with Crippen molar-refractivity contribution in [2.24, 2.45) is 0 Å². The van der Waals surface area contributed by atoms with E-state index in [2.05, 4.69) is 4.74 Å². The Labute approximate surface area is 119 Å². The first-order chi connectivity index (χ1) is 9.06. The Morgan fingerprint density at radius 2 is 1.32 bits per heavy atom. The van der Waals surface area contributed by atoms with Crippen LogP contribution >= 0.6 is 23.2 Å². The van der Waals surface area contributed by atoms with Crippen LogP contribution in [0.5, 0.6) is 5.75 Å². The molecule has 0 heterocycles. The maximum Gasteiger partial charge on any atom is 0.409 e. The standard InChI is InChI=1S/C14H8Cl2O3/c15-11-5-1-9(2-6-11)13(17)10-3-7-12(8-4-10)19-14(16)18/h1-8H. The highest BCUT2D eigenvalue weighted by Gasteiger charge is 2.09. The second-order valence-corrected chi connectivity index (χ2v) is 4.45. The van der Waals surface area contributed by atoms with Gasteiger partial charge < -0.3 is 4.74 Å². The van der Waals surface area contributed by atoms with Crippen molar-refractivity contribution >= 4 is 34.4 Å². The van der Waals surface area contributed by atoms with Gasteiger partial charge in [-0.15, -0.1) is 0 Å². The number of carbonyl (C=O) groups excluding carboxylic acids is 2. The van der Waals surface area contributed by atoms with Crippen molar-refractivity contribution in [1.82, 2.24) is 0 Å². The summed E-state index contributed by atoms with van der Waals surface area (Å²) < 4.78 is 4.67. The molecule has 0 radical (unpaired) electrons. The monoisotopic (exact) mass is 294 g/mol. The third-order valence-corrected chi connectivity index (χ3v) is 2.75. The number of hydrogen-bond donors (Lipinski definition) is 0. The van der Waals surface area contributed by atoms with Crippen molar-refractivity contribution in [3.8, 4) is 5.75 Å². The molecule has 0 bridgehead atoms. The molecule has 0 spiro atoms. The highest BCUT2D eigenvalue weighted by molar-refractivity contribution is 6.61. The van der Waals surface area contributed by atoms with Crippen LogP contribution in [0.25, 0.3) is 0 Å². The number of carbonyl (C=O) groups is 2. The molecular weight excluding hydrogens is 287 g/mol. The Hall–Kier alpha value is -1.84. The lowest BCUT2D eigenvalue weighted by atomic mass is 10.0. The minimum Gasteiger partial charge on any atom is -0.415 e. The first-order valence-corrected chi connectivity index (χ1v) is 6.09. The summed E-state index contributed by atoms with van der Waals surface area (Å²) >= 11 is 10.8. The fraction of sp³-hybridized carbons (Fsp3) is 0. The molecule has 0 saturated heterocycles. The minimum absolute atomic E-state index is 0.139. The van der Waals surface area contributed by atoms with E-state index in [1.807, 2.05) is 0 Å². The van der Waals surface area contributed by atoms with Crippen LogP contribution < -0.4 is 4.74 Å². The zero-order valence-electron chi connectivity index (χ0n) is 9.60. The van der Waals surface area contributed by atoms with Crippen LogP contribution in [-0.2, 0) is 0 Å². The largest absolute Gasteiger partial charge is 0.415 e. The average molecular weight is 295 g/mol. The predicted molar refractivity (Wildman–Crippen MR) is 73.2 cm³/mol. The fourth-order valence-electron chi connectivity index (χ4n) is 1.53. The fourth-order valence-corrected chi connectivity index (χ4v) is 1.75. The molecule has 0 fully saturated rings. The summed E-state index contributed by atoms with van der Waals surface area (Å²) in [5.41, 5.74) is 0.0972. The first kappa shape index (κ1) is 13.6. The van der Waals surface area contributed by atoms with Gasteiger partial charge in [-0.25, -0.2) is 4.79 Å². The molecule has 0 aliphatic carbocycles. The molecule has 3 nitrogen and oxygen atoms in total. The van der Waals surface area contributed by atoms with E-state index in [0.717, 1.165) is 0 Å². The summed E-state index contributed by atoms with van der Waals surface area (Å²) in [5.74, 6) is 0.146. The summed E-state index contributed by atoms with van der Waals surface area (Å²) in [6.45, 7) is 0. The number of ketones is 1. The molecule has 19 heavy (non-hydrogen) atoms.